The van der Waals surface area contributed by atoms with Crippen LogP contribution in [0.1, 0.15) is 35.7 Å². The van der Waals surface area contributed by atoms with Crippen LogP contribution in [-0.4, -0.2) is 15.7 Å². The summed E-state index contributed by atoms with van der Waals surface area (Å²) in [6, 6.07) is 12.9. The Labute approximate surface area is 126 Å². The fraction of sp³-hybridized carbons (Fsp3) is 0.235. The lowest BCUT2D eigenvalue weighted by Gasteiger charge is -2.06. The Balaban J connectivity index is 2.09. The maximum absolute atomic E-state index is 13.1. The van der Waals surface area contributed by atoms with Crippen LogP contribution in [0.25, 0.3) is 0 Å². The summed E-state index contributed by atoms with van der Waals surface area (Å²) in [5.41, 5.74) is 1.68. The Morgan fingerprint density at radius 3 is 2.38 bits per heavy atom. The third-order valence-corrected chi connectivity index (χ3v) is 4.52. The highest BCUT2D eigenvalue weighted by molar-refractivity contribution is 7.85. The van der Waals surface area contributed by atoms with Gasteiger partial charge in [-0.25, -0.2) is 4.39 Å². The number of hydrogen-bond donors (Lipinski definition) is 0. The van der Waals surface area contributed by atoms with Crippen molar-refractivity contribution in [3.63, 3.8) is 0 Å². The SMILES string of the molecule is CC(C)c1ccc(C(=O)CS(=O)c2cccc(F)c2)cc1. The first-order valence-electron chi connectivity index (χ1n) is 6.74. The minimum atomic E-state index is -1.53. The third-order valence-electron chi connectivity index (χ3n) is 3.22. The summed E-state index contributed by atoms with van der Waals surface area (Å²) in [6.07, 6.45) is 0. The van der Waals surface area contributed by atoms with Gasteiger partial charge in [0.1, 0.15) is 5.82 Å². The molecule has 0 aliphatic carbocycles. The highest BCUT2D eigenvalue weighted by Crippen LogP contribution is 2.16. The molecule has 1 atom stereocenters. The fourth-order valence-electron chi connectivity index (χ4n) is 1.95. The minimum absolute atomic E-state index is 0.134. The summed E-state index contributed by atoms with van der Waals surface area (Å²) >= 11 is 0. The van der Waals surface area contributed by atoms with Crippen molar-refractivity contribution < 1.29 is 13.4 Å². The van der Waals surface area contributed by atoms with Gasteiger partial charge in [-0.1, -0.05) is 44.2 Å². The van der Waals surface area contributed by atoms with Gasteiger partial charge in [-0.15, -0.1) is 0 Å². The summed E-state index contributed by atoms with van der Waals surface area (Å²) in [7, 11) is -1.53. The second-order valence-corrected chi connectivity index (χ2v) is 6.60. The molecule has 0 N–H and O–H groups in total. The molecule has 4 heteroatoms. The van der Waals surface area contributed by atoms with E-state index in [0.29, 0.717) is 16.4 Å². The van der Waals surface area contributed by atoms with E-state index in [1.165, 1.54) is 18.2 Å². The molecule has 0 heterocycles. The van der Waals surface area contributed by atoms with E-state index in [4.69, 9.17) is 0 Å². The second-order valence-electron chi connectivity index (χ2n) is 5.15. The number of rotatable bonds is 5. The van der Waals surface area contributed by atoms with Crippen molar-refractivity contribution >= 4 is 16.6 Å². The van der Waals surface area contributed by atoms with Crippen LogP contribution >= 0.6 is 0 Å². The molecule has 0 saturated carbocycles. The number of carbonyl (C=O) groups is 1. The summed E-state index contributed by atoms with van der Waals surface area (Å²) < 4.78 is 25.2. The van der Waals surface area contributed by atoms with E-state index in [1.54, 1.807) is 18.2 Å². The molecule has 0 radical (unpaired) electrons. The molecule has 0 spiro atoms. The van der Waals surface area contributed by atoms with Crippen LogP contribution in [0.3, 0.4) is 0 Å². The quantitative estimate of drug-likeness (QED) is 0.784. The molecular formula is C17H17FO2S. The molecule has 0 fully saturated rings. The fourth-order valence-corrected chi connectivity index (χ4v) is 2.99. The molecule has 2 aromatic rings. The molecule has 2 nitrogen and oxygen atoms in total. The number of halogens is 1. The number of carbonyl (C=O) groups excluding carboxylic acids is 1. The lowest BCUT2D eigenvalue weighted by molar-refractivity contribution is 0.102. The smallest absolute Gasteiger partial charge is 0.175 e. The van der Waals surface area contributed by atoms with Crippen LogP contribution in [0.15, 0.2) is 53.4 Å². The molecule has 0 aliphatic rings. The van der Waals surface area contributed by atoms with E-state index in [0.717, 1.165) is 5.56 Å². The zero-order chi connectivity index (χ0) is 15.4. The van der Waals surface area contributed by atoms with Crippen molar-refractivity contribution in [3.8, 4) is 0 Å². The van der Waals surface area contributed by atoms with Crippen molar-refractivity contribution in [1.29, 1.82) is 0 Å². The zero-order valence-corrected chi connectivity index (χ0v) is 12.8. The first kappa shape index (κ1) is 15.6. The van der Waals surface area contributed by atoms with Gasteiger partial charge < -0.3 is 0 Å². The molecule has 2 aromatic carbocycles. The summed E-state index contributed by atoms with van der Waals surface area (Å²) in [6.45, 7) is 4.16. The molecule has 110 valence electrons. The zero-order valence-electron chi connectivity index (χ0n) is 12.0. The van der Waals surface area contributed by atoms with E-state index in [2.05, 4.69) is 13.8 Å². The van der Waals surface area contributed by atoms with Crippen LogP contribution in [0.2, 0.25) is 0 Å². The molecule has 2 rings (SSSR count). The minimum Gasteiger partial charge on any atom is -0.293 e. The van der Waals surface area contributed by atoms with Gasteiger partial charge in [0.2, 0.25) is 0 Å². The molecule has 1 unspecified atom stereocenters. The van der Waals surface area contributed by atoms with Crippen molar-refractivity contribution in [2.24, 2.45) is 0 Å². The monoisotopic (exact) mass is 304 g/mol. The van der Waals surface area contributed by atoms with Crippen LogP contribution in [0.5, 0.6) is 0 Å². The molecule has 0 saturated heterocycles. The normalized spacial score (nSPS) is 12.4. The Morgan fingerprint density at radius 2 is 1.81 bits per heavy atom. The lowest BCUT2D eigenvalue weighted by Crippen LogP contribution is -2.11. The van der Waals surface area contributed by atoms with E-state index < -0.39 is 16.6 Å². The van der Waals surface area contributed by atoms with E-state index in [1.807, 2.05) is 12.1 Å². The number of hydrogen-bond acceptors (Lipinski definition) is 2. The van der Waals surface area contributed by atoms with Gasteiger partial charge in [0.15, 0.2) is 5.78 Å². The topological polar surface area (TPSA) is 34.1 Å². The van der Waals surface area contributed by atoms with Gasteiger partial charge in [-0.3, -0.25) is 9.00 Å². The Kier molecular flexibility index (Phi) is 5.02. The van der Waals surface area contributed by atoms with Crippen LogP contribution in [0, 0.1) is 5.82 Å². The molecule has 0 bridgehead atoms. The van der Waals surface area contributed by atoms with Crippen molar-refractivity contribution in [2.45, 2.75) is 24.7 Å². The molecule has 21 heavy (non-hydrogen) atoms. The van der Waals surface area contributed by atoms with Crippen molar-refractivity contribution in [1.82, 2.24) is 0 Å². The largest absolute Gasteiger partial charge is 0.293 e. The highest BCUT2D eigenvalue weighted by Gasteiger charge is 2.13. The first-order valence-corrected chi connectivity index (χ1v) is 8.06. The Morgan fingerprint density at radius 1 is 1.14 bits per heavy atom. The predicted molar refractivity (Wildman–Crippen MR) is 82.5 cm³/mol. The Bertz CT molecular complexity index is 663. The first-order chi connectivity index (χ1) is 9.97. The van der Waals surface area contributed by atoms with Gasteiger partial charge in [-0.2, -0.15) is 0 Å². The van der Waals surface area contributed by atoms with Gasteiger partial charge in [-0.05, 0) is 29.7 Å². The van der Waals surface area contributed by atoms with Crippen LogP contribution in [0.4, 0.5) is 4.39 Å². The highest BCUT2D eigenvalue weighted by atomic mass is 32.2. The van der Waals surface area contributed by atoms with Crippen LogP contribution < -0.4 is 0 Å². The van der Waals surface area contributed by atoms with E-state index in [9.17, 15) is 13.4 Å². The number of ketones is 1. The lowest BCUT2D eigenvalue weighted by atomic mass is 10.0. The number of Topliss-reactive ketones (excluding diaryl/α,β-unsaturated/α-hetero) is 1. The van der Waals surface area contributed by atoms with Crippen LogP contribution in [-0.2, 0) is 10.8 Å². The predicted octanol–water partition coefficient (Wildman–Crippen LogP) is 3.94. The Hall–Kier alpha value is -1.81. The molecular weight excluding hydrogens is 287 g/mol. The van der Waals surface area contributed by atoms with Gasteiger partial charge in [0.05, 0.1) is 16.6 Å². The maximum atomic E-state index is 13.1. The molecule has 0 aliphatic heterocycles. The van der Waals surface area contributed by atoms with Gasteiger partial charge in [0.25, 0.3) is 0 Å². The standard InChI is InChI=1S/C17H17FO2S/c1-12(2)13-6-8-14(9-7-13)17(19)11-21(20)16-5-3-4-15(18)10-16/h3-10,12H,11H2,1-2H3. The third kappa shape index (κ3) is 4.08. The average Bonchev–Trinajstić information content (AvgIpc) is 2.47. The summed E-state index contributed by atoms with van der Waals surface area (Å²) in [5.74, 6) is -0.386. The summed E-state index contributed by atoms with van der Waals surface area (Å²) in [4.78, 5) is 12.4. The molecule has 0 aromatic heterocycles. The maximum Gasteiger partial charge on any atom is 0.175 e. The van der Waals surface area contributed by atoms with Gasteiger partial charge in [0, 0.05) is 10.5 Å². The van der Waals surface area contributed by atoms with Crippen molar-refractivity contribution in [2.75, 3.05) is 5.75 Å². The summed E-state index contributed by atoms with van der Waals surface area (Å²) in [5, 5.41) is 0. The van der Waals surface area contributed by atoms with E-state index in [-0.39, 0.29) is 11.5 Å². The number of benzene rings is 2. The molecule has 0 amide bonds. The van der Waals surface area contributed by atoms with E-state index >= 15 is 0 Å². The van der Waals surface area contributed by atoms with Crippen molar-refractivity contribution in [3.05, 3.63) is 65.5 Å². The van der Waals surface area contributed by atoms with Gasteiger partial charge >= 0.3 is 0 Å². The second kappa shape index (κ2) is 6.76. The average molecular weight is 304 g/mol.